The fourth-order valence-corrected chi connectivity index (χ4v) is 2.00. The summed E-state index contributed by atoms with van der Waals surface area (Å²) in [5, 5.41) is 1.06. The van der Waals surface area contributed by atoms with Crippen LogP contribution in [0.2, 0.25) is 0 Å². The van der Waals surface area contributed by atoms with E-state index in [1.807, 2.05) is 0 Å². The summed E-state index contributed by atoms with van der Waals surface area (Å²) in [5.74, 6) is -0.786. The lowest BCUT2D eigenvalue weighted by Gasteiger charge is -2.43. The summed E-state index contributed by atoms with van der Waals surface area (Å²) in [6.45, 7) is 0. The Morgan fingerprint density at radius 2 is 2.19 bits per heavy atom. The molecule has 0 aromatic carbocycles. The van der Waals surface area contributed by atoms with E-state index in [2.05, 4.69) is 4.74 Å². The second-order valence-corrected chi connectivity index (χ2v) is 5.57. The number of rotatable bonds is 4. The second kappa shape index (κ2) is 4.38. The minimum atomic E-state index is -3.48. The molecule has 0 saturated carbocycles. The third-order valence-corrected chi connectivity index (χ3v) is 3.56. The Morgan fingerprint density at radius 1 is 1.62 bits per heavy atom. The van der Waals surface area contributed by atoms with Crippen molar-refractivity contribution in [2.45, 2.75) is 18.9 Å². The molecular weight excluding hydrogens is 236 g/mol. The van der Waals surface area contributed by atoms with Crippen molar-refractivity contribution < 1.29 is 22.7 Å². The van der Waals surface area contributed by atoms with E-state index in [1.165, 1.54) is 14.2 Å². The molecular formula is C8H14N2O5S. The smallest absolute Gasteiger partial charge is 0.307 e. The van der Waals surface area contributed by atoms with Crippen LogP contribution in [-0.2, 0) is 24.3 Å². The van der Waals surface area contributed by atoms with Crippen LogP contribution in [0.5, 0.6) is 0 Å². The molecule has 1 aliphatic heterocycles. The van der Waals surface area contributed by atoms with Crippen LogP contribution in [0, 0.1) is 0 Å². The minimum Gasteiger partial charge on any atom is -0.469 e. The van der Waals surface area contributed by atoms with Crippen molar-refractivity contribution in [3.63, 3.8) is 0 Å². The molecule has 16 heavy (non-hydrogen) atoms. The normalized spacial score (nSPS) is 20.9. The number of β-lactam (4-membered cyclic amide) rings is 1. The largest absolute Gasteiger partial charge is 0.469 e. The number of hydrazine groups is 1. The first-order chi connectivity index (χ1) is 7.27. The van der Waals surface area contributed by atoms with Gasteiger partial charge in [-0.3, -0.25) is 14.6 Å². The fourth-order valence-electron chi connectivity index (χ4n) is 1.45. The summed E-state index contributed by atoms with van der Waals surface area (Å²) in [6.07, 6.45) is 1.16. The van der Waals surface area contributed by atoms with E-state index in [1.54, 1.807) is 0 Å². The number of sulfonamides is 1. The minimum absolute atomic E-state index is 0.00208. The number of carbonyl (C=O) groups is 2. The topological polar surface area (TPSA) is 84.0 Å². The molecule has 7 nitrogen and oxygen atoms in total. The zero-order valence-corrected chi connectivity index (χ0v) is 10.2. The molecule has 0 aromatic rings. The number of methoxy groups -OCH3 is 1. The first kappa shape index (κ1) is 12.9. The summed E-state index contributed by atoms with van der Waals surface area (Å²) in [6, 6.07) is -0.431. The van der Waals surface area contributed by atoms with Crippen molar-refractivity contribution >= 4 is 21.9 Å². The number of esters is 1. The van der Waals surface area contributed by atoms with Gasteiger partial charge in [0.2, 0.25) is 15.9 Å². The summed E-state index contributed by atoms with van der Waals surface area (Å²) in [4.78, 5) is 22.3. The summed E-state index contributed by atoms with van der Waals surface area (Å²) >= 11 is 0. The zero-order chi connectivity index (χ0) is 12.5. The van der Waals surface area contributed by atoms with Gasteiger partial charge in [-0.1, -0.05) is 0 Å². The van der Waals surface area contributed by atoms with Gasteiger partial charge in [0.25, 0.3) is 0 Å². The van der Waals surface area contributed by atoms with Gasteiger partial charge in [0, 0.05) is 7.05 Å². The molecule has 0 aliphatic carbocycles. The summed E-state index contributed by atoms with van der Waals surface area (Å²) in [7, 11) is -0.967. The maximum atomic E-state index is 11.3. The van der Waals surface area contributed by atoms with Gasteiger partial charge in [0.15, 0.2) is 0 Å². The number of nitrogens with zero attached hydrogens (tertiary/aromatic N) is 2. The Balaban J connectivity index is 2.72. The van der Waals surface area contributed by atoms with E-state index in [0.717, 1.165) is 15.7 Å². The average molecular weight is 250 g/mol. The number of ether oxygens (including phenoxy) is 1. The maximum Gasteiger partial charge on any atom is 0.307 e. The number of carbonyl (C=O) groups excluding carboxylic acids is 2. The van der Waals surface area contributed by atoms with Crippen LogP contribution in [0.15, 0.2) is 0 Å². The van der Waals surface area contributed by atoms with E-state index in [4.69, 9.17) is 0 Å². The van der Waals surface area contributed by atoms with Crippen molar-refractivity contribution in [1.29, 1.82) is 0 Å². The molecule has 1 atom stereocenters. The molecule has 8 heteroatoms. The number of hydrogen-bond donors (Lipinski definition) is 0. The Labute approximate surface area is 94.0 Å². The van der Waals surface area contributed by atoms with Crippen molar-refractivity contribution in [2.75, 3.05) is 20.4 Å². The van der Waals surface area contributed by atoms with Crippen LogP contribution in [0.25, 0.3) is 0 Å². The predicted molar refractivity (Wildman–Crippen MR) is 54.5 cm³/mol. The first-order valence-electron chi connectivity index (χ1n) is 4.60. The Kier molecular flexibility index (Phi) is 3.54. The average Bonchev–Trinajstić information content (AvgIpc) is 2.14. The molecule has 0 N–H and O–H groups in total. The highest BCUT2D eigenvalue weighted by Gasteiger charge is 2.42. The highest BCUT2D eigenvalue weighted by atomic mass is 32.2. The highest BCUT2D eigenvalue weighted by Crippen LogP contribution is 2.25. The van der Waals surface area contributed by atoms with E-state index >= 15 is 0 Å². The third-order valence-electron chi connectivity index (χ3n) is 2.43. The highest BCUT2D eigenvalue weighted by molar-refractivity contribution is 7.88. The monoisotopic (exact) mass is 250 g/mol. The Morgan fingerprint density at radius 3 is 2.56 bits per heavy atom. The lowest BCUT2D eigenvalue weighted by molar-refractivity contribution is -0.165. The van der Waals surface area contributed by atoms with Crippen molar-refractivity contribution in [3.05, 3.63) is 0 Å². The van der Waals surface area contributed by atoms with Crippen LogP contribution in [0.1, 0.15) is 12.8 Å². The van der Waals surface area contributed by atoms with E-state index < -0.39 is 22.0 Å². The van der Waals surface area contributed by atoms with Gasteiger partial charge in [0.05, 0.1) is 32.2 Å². The molecule has 1 aliphatic rings. The van der Waals surface area contributed by atoms with E-state index in [-0.39, 0.29) is 18.7 Å². The third kappa shape index (κ3) is 2.50. The fraction of sp³-hybridized carbons (Fsp3) is 0.750. The first-order valence-corrected chi connectivity index (χ1v) is 6.45. The summed E-state index contributed by atoms with van der Waals surface area (Å²) in [5.41, 5.74) is 0. The zero-order valence-electron chi connectivity index (χ0n) is 9.34. The van der Waals surface area contributed by atoms with Crippen LogP contribution in [0.4, 0.5) is 0 Å². The maximum absolute atomic E-state index is 11.3. The number of hydrogen-bond acceptors (Lipinski definition) is 5. The number of amides is 1. The van der Waals surface area contributed by atoms with E-state index in [0.29, 0.717) is 0 Å². The SMILES string of the molecule is COC(=O)CC1CC(=O)N1N(C)S(C)(=O)=O. The van der Waals surface area contributed by atoms with Crippen LogP contribution in [0.3, 0.4) is 0 Å². The Bertz CT molecular complexity index is 405. The van der Waals surface area contributed by atoms with Gasteiger partial charge in [-0.2, -0.15) is 0 Å². The molecule has 1 heterocycles. The molecule has 0 bridgehead atoms. The quantitative estimate of drug-likeness (QED) is 0.470. The molecule has 0 aromatic heterocycles. The second-order valence-electron chi connectivity index (χ2n) is 3.57. The lowest BCUT2D eigenvalue weighted by Crippen LogP contribution is -2.61. The van der Waals surface area contributed by atoms with Crippen LogP contribution >= 0.6 is 0 Å². The standard InChI is InChI=1S/C8H14N2O5S/c1-9(16(3,13)14)10-6(4-7(10)11)5-8(12)15-2/h6H,4-5H2,1-3H3. The van der Waals surface area contributed by atoms with Crippen LogP contribution in [-0.4, -0.2) is 56.2 Å². The molecule has 92 valence electrons. The van der Waals surface area contributed by atoms with Gasteiger partial charge < -0.3 is 4.74 Å². The van der Waals surface area contributed by atoms with Crippen molar-refractivity contribution in [2.24, 2.45) is 0 Å². The predicted octanol–water partition coefficient (Wildman–Crippen LogP) is -1.04. The molecule has 1 saturated heterocycles. The molecule has 1 fully saturated rings. The van der Waals surface area contributed by atoms with Gasteiger partial charge in [-0.25, -0.2) is 8.42 Å². The lowest BCUT2D eigenvalue weighted by atomic mass is 10.0. The molecule has 0 radical (unpaired) electrons. The van der Waals surface area contributed by atoms with E-state index in [9.17, 15) is 18.0 Å². The van der Waals surface area contributed by atoms with Crippen molar-refractivity contribution in [1.82, 2.24) is 9.42 Å². The Hall–Kier alpha value is -1.15. The van der Waals surface area contributed by atoms with Gasteiger partial charge >= 0.3 is 5.97 Å². The molecule has 1 amide bonds. The van der Waals surface area contributed by atoms with Crippen molar-refractivity contribution in [3.8, 4) is 0 Å². The molecule has 1 unspecified atom stereocenters. The van der Waals surface area contributed by atoms with Crippen LogP contribution < -0.4 is 0 Å². The van der Waals surface area contributed by atoms with Gasteiger partial charge in [-0.05, 0) is 0 Å². The summed E-state index contributed by atoms with van der Waals surface area (Å²) < 4.78 is 27.8. The molecule has 0 spiro atoms. The van der Waals surface area contributed by atoms with Gasteiger partial charge in [-0.15, -0.1) is 4.41 Å². The van der Waals surface area contributed by atoms with Gasteiger partial charge in [0.1, 0.15) is 0 Å². The molecule has 1 rings (SSSR count).